The molecule has 1 aromatic carbocycles. The molecule has 1 N–H and O–H groups in total. The number of nitrogens with one attached hydrogen (secondary N) is 1. The number of Topliss-reactive ketones (excluding diaryl/α,β-unsaturated/α-hetero) is 1. The van der Waals surface area contributed by atoms with Gasteiger partial charge in [0.2, 0.25) is 0 Å². The molecule has 0 saturated carbocycles. The van der Waals surface area contributed by atoms with Crippen LogP contribution in [0, 0.1) is 0 Å². The molecule has 0 amide bonds. The maximum atomic E-state index is 12.7. The summed E-state index contributed by atoms with van der Waals surface area (Å²) in [6.45, 7) is 8.48. The van der Waals surface area contributed by atoms with Gasteiger partial charge in [-0.1, -0.05) is 56.3 Å². The van der Waals surface area contributed by atoms with Gasteiger partial charge in [-0.25, -0.2) is 0 Å². The van der Waals surface area contributed by atoms with E-state index in [-0.39, 0.29) is 17.4 Å². The van der Waals surface area contributed by atoms with Crippen LogP contribution in [-0.4, -0.2) is 17.4 Å². The van der Waals surface area contributed by atoms with Gasteiger partial charge in [0.25, 0.3) is 0 Å². The summed E-state index contributed by atoms with van der Waals surface area (Å²) in [5.74, 6) is 0.143. The largest absolute Gasteiger partial charge is 0.302 e. The zero-order valence-corrected chi connectivity index (χ0v) is 14.5. The molecule has 0 heterocycles. The van der Waals surface area contributed by atoms with Crippen molar-refractivity contribution in [3.05, 3.63) is 34.9 Å². The van der Waals surface area contributed by atoms with E-state index in [0.29, 0.717) is 10.6 Å². The molecule has 0 aliphatic rings. The Morgan fingerprint density at radius 1 is 1.24 bits per heavy atom. The first-order valence-electron chi connectivity index (χ1n) is 7.91. The monoisotopic (exact) mass is 309 g/mol. The summed E-state index contributed by atoms with van der Waals surface area (Å²) in [5.41, 5.74) is 0.615. The second-order valence-electron chi connectivity index (χ2n) is 6.67. The average Bonchev–Trinajstić information content (AvgIpc) is 2.40. The highest BCUT2D eigenvalue weighted by atomic mass is 35.5. The van der Waals surface area contributed by atoms with Gasteiger partial charge >= 0.3 is 0 Å². The molecule has 118 valence electrons. The fraction of sp³-hybridized carbons (Fsp3) is 0.611. The Morgan fingerprint density at radius 2 is 1.95 bits per heavy atom. The Balaban J connectivity index is 2.76. The minimum absolute atomic E-state index is 0.0797. The number of hydrogen-bond donors (Lipinski definition) is 1. The predicted octanol–water partition coefficient (Wildman–Crippen LogP) is 5.25. The summed E-state index contributed by atoms with van der Waals surface area (Å²) >= 11 is 6.00. The number of ketones is 1. The van der Waals surface area contributed by atoms with Crippen molar-refractivity contribution >= 4 is 17.4 Å². The zero-order chi connectivity index (χ0) is 15.9. The van der Waals surface area contributed by atoms with Crippen LogP contribution in [0.2, 0.25) is 5.02 Å². The van der Waals surface area contributed by atoms with Crippen LogP contribution in [0.3, 0.4) is 0 Å². The molecule has 0 spiro atoms. The van der Waals surface area contributed by atoms with Crippen LogP contribution in [0.1, 0.15) is 70.2 Å². The number of rotatable bonds is 8. The summed E-state index contributed by atoms with van der Waals surface area (Å²) in [6.07, 6.45) is 5.57. The molecular weight excluding hydrogens is 282 g/mol. The first-order valence-corrected chi connectivity index (χ1v) is 8.29. The van der Waals surface area contributed by atoms with E-state index in [1.54, 1.807) is 12.1 Å². The van der Waals surface area contributed by atoms with Gasteiger partial charge < -0.3 is 5.32 Å². The Morgan fingerprint density at radius 3 is 2.52 bits per heavy atom. The van der Waals surface area contributed by atoms with Gasteiger partial charge in [-0.2, -0.15) is 0 Å². The van der Waals surface area contributed by atoms with E-state index in [2.05, 4.69) is 33.0 Å². The third-order valence-corrected chi connectivity index (χ3v) is 3.61. The molecule has 0 radical (unpaired) electrons. The predicted molar refractivity (Wildman–Crippen MR) is 91.2 cm³/mol. The molecule has 21 heavy (non-hydrogen) atoms. The lowest BCUT2D eigenvalue weighted by atomic mass is 9.95. The maximum absolute atomic E-state index is 12.7. The molecule has 0 bridgehead atoms. The van der Waals surface area contributed by atoms with Crippen LogP contribution in [0.15, 0.2) is 24.3 Å². The number of unbranched alkanes of at least 4 members (excludes halogenated alkanes) is 3. The quantitative estimate of drug-likeness (QED) is 0.525. The lowest BCUT2D eigenvalue weighted by molar-refractivity contribution is 0.0918. The van der Waals surface area contributed by atoms with E-state index in [0.717, 1.165) is 12.8 Å². The topological polar surface area (TPSA) is 29.1 Å². The summed E-state index contributed by atoms with van der Waals surface area (Å²) < 4.78 is 0. The van der Waals surface area contributed by atoms with Gasteiger partial charge in [0.05, 0.1) is 6.04 Å². The minimum Gasteiger partial charge on any atom is -0.302 e. The highest BCUT2D eigenvalue weighted by molar-refractivity contribution is 6.31. The Kier molecular flexibility index (Phi) is 7.41. The SMILES string of the molecule is CCCCCCC(NC(C)(C)C)C(=O)c1cccc(Cl)c1. The van der Waals surface area contributed by atoms with Crippen molar-refractivity contribution in [2.24, 2.45) is 0 Å². The van der Waals surface area contributed by atoms with E-state index in [9.17, 15) is 4.79 Å². The van der Waals surface area contributed by atoms with Crippen molar-refractivity contribution in [2.45, 2.75) is 71.4 Å². The molecule has 0 aliphatic heterocycles. The zero-order valence-electron chi connectivity index (χ0n) is 13.7. The van der Waals surface area contributed by atoms with Crippen molar-refractivity contribution in [1.29, 1.82) is 0 Å². The number of halogens is 1. The molecule has 1 rings (SSSR count). The molecule has 1 unspecified atom stereocenters. The summed E-state index contributed by atoms with van der Waals surface area (Å²) in [6, 6.07) is 7.09. The molecule has 1 aromatic rings. The number of carbonyl (C=O) groups excluding carboxylic acids is 1. The molecule has 0 fully saturated rings. The van der Waals surface area contributed by atoms with Gasteiger partial charge in [0.15, 0.2) is 5.78 Å². The van der Waals surface area contributed by atoms with Gasteiger partial charge in [-0.05, 0) is 39.3 Å². The molecular formula is C18H28ClNO. The first kappa shape index (κ1) is 18.2. The van der Waals surface area contributed by atoms with E-state index in [1.165, 1.54) is 19.3 Å². The summed E-state index contributed by atoms with van der Waals surface area (Å²) in [5, 5.41) is 4.07. The van der Waals surface area contributed by atoms with Gasteiger partial charge in [-0.15, -0.1) is 0 Å². The fourth-order valence-corrected chi connectivity index (χ4v) is 2.60. The van der Waals surface area contributed by atoms with E-state index < -0.39 is 0 Å². The normalized spacial score (nSPS) is 13.2. The Labute approximate surface area is 134 Å². The van der Waals surface area contributed by atoms with Crippen molar-refractivity contribution in [3.63, 3.8) is 0 Å². The lowest BCUT2D eigenvalue weighted by Gasteiger charge is -2.28. The molecule has 0 saturated heterocycles. The first-order chi connectivity index (χ1) is 9.83. The van der Waals surface area contributed by atoms with Crippen LogP contribution in [0.4, 0.5) is 0 Å². The highest BCUT2D eigenvalue weighted by Crippen LogP contribution is 2.17. The maximum Gasteiger partial charge on any atom is 0.179 e. The van der Waals surface area contributed by atoms with Crippen LogP contribution in [-0.2, 0) is 0 Å². The van der Waals surface area contributed by atoms with E-state index in [1.807, 2.05) is 12.1 Å². The third-order valence-electron chi connectivity index (χ3n) is 3.38. The molecule has 3 heteroatoms. The van der Waals surface area contributed by atoms with Gasteiger partial charge in [0.1, 0.15) is 0 Å². The second kappa shape index (κ2) is 8.55. The molecule has 1 atom stereocenters. The standard InChI is InChI=1S/C18H28ClNO/c1-5-6-7-8-12-16(20-18(2,3)4)17(21)14-10-9-11-15(19)13-14/h9-11,13,16,20H,5-8,12H2,1-4H3. The van der Waals surface area contributed by atoms with Crippen molar-refractivity contribution in [1.82, 2.24) is 5.32 Å². The number of hydrogen-bond acceptors (Lipinski definition) is 2. The summed E-state index contributed by atoms with van der Waals surface area (Å²) in [4.78, 5) is 12.7. The number of benzene rings is 1. The van der Waals surface area contributed by atoms with E-state index >= 15 is 0 Å². The van der Waals surface area contributed by atoms with Crippen LogP contribution < -0.4 is 5.32 Å². The van der Waals surface area contributed by atoms with Crippen LogP contribution in [0.5, 0.6) is 0 Å². The van der Waals surface area contributed by atoms with Crippen molar-refractivity contribution in [3.8, 4) is 0 Å². The third kappa shape index (κ3) is 7.10. The smallest absolute Gasteiger partial charge is 0.179 e. The van der Waals surface area contributed by atoms with E-state index in [4.69, 9.17) is 11.6 Å². The molecule has 0 aromatic heterocycles. The van der Waals surface area contributed by atoms with Gasteiger partial charge in [-0.3, -0.25) is 4.79 Å². The fourth-order valence-electron chi connectivity index (χ4n) is 2.41. The second-order valence-corrected chi connectivity index (χ2v) is 7.11. The average molecular weight is 310 g/mol. The van der Waals surface area contributed by atoms with Crippen LogP contribution in [0.25, 0.3) is 0 Å². The lowest BCUT2D eigenvalue weighted by Crippen LogP contribution is -2.47. The van der Waals surface area contributed by atoms with Crippen LogP contribution >= 0.6 is 11.6 Å². The minimum atomic E-state index is -0.139. The van der Waals surface area contributed by atoms with Gasteiger partial charge in [0, 0.05) is 16.1 Å². The number of carbonyl (C=O) groups is 1. The molecule has 0 aliphatic carbocycles. The Bertz CT molecular complexity index is 451. The van der Waals surface area contributed by atoms with Crippen molar-refractivity contribution < 1.29 is 4.79 Å². The highest BCUT2D eigenvalue weighted by Gasteiger charge is 2.24. The van der Waals surface area contributed by atoms with Crippen molar-refractivity contribution in [2.75, 3.05) is 0 Å². The Hall–Kier alpha value is -0.860. The molecule has 2 nitrogen and oxygen atoms in total. The summed E-state index contributed by atoms with van der Waals surface area (Å²) in [7, 11) is 0.